The largest absolute Gasteiger partial charge is 0.481 e. The molecule has 0 aliphatic heterocycles. The number of nitro benzene ring substituents is 1. The van der Waals surface area contributed by atoms with Gasteiger partial charge in [-0.05, 0) is 31.2 Å². The molecule has 0 radical (unpaired) electrons. The minimum Gasteiger partial charge on any atom is -0.481 e. The lowest BCUT2D eigenvalue weighted by Gasteiger charge is -2.13. The fraction of sp³-hybridized carbons (Fsp3) is 0.143. The summed E-state index contributed by atoms with van der Waals surface area (Å²) in [7, 11) is 0. The molecular formula is C21H17ClN4O7. The zero-order valence-electron chi connectivity index (χ0n) is 17.2. The molecule has 0 aliphatic carbocycles. The minimum absolute atomic E-state index is 0.0474. The highest BCUT2D eigenvalue weighted by Gasteiger charge is 2.21. The SMILES string of the molecule is CCOC(=O)c1nn(-c2ccccc2Cl)c(=O)cc1OCC(=O)Nc1ccc([N+](=O)[O-])cc1. The van der Waals surface area contributed by atoms with Crippen LogP contribution in [0, 0.1) is 10.1 Å². The Bertz CT molecular complexity index is 1260. The van der Waals surface area contributed by atoms with E-state index in [4.69, 9.17) is 21.1 Å². The molecule has 1 amide bonds. The summed E-state index contributed by atoms with van der Waals surface area (Å²) < 4.78 is 11.3. The van der Waals surface area contributed by atoms with E-state index in [1.807, 2.05) is 0 Å². The van der Waals surface area contributed by atoms with Crippen molar-refractivity contribution in [2.45, 2.75) is 6.92 Å². The number of benzene rings is 2. The molecule has 0 fully saturated rings. The summed E-state index contributed by atoms with van der Waals surface area (Å²) in [6.07, 6.45) is 0. The van der Waals surface area contributed by atoms with E-state index in [1.165, 1.54) is 24.3 Å². The van der Waals surface area contributed by atoms with E-state index in [2.05, 4.69) is 10.4 Å². The van der Waals surface area contributed by atoms with Gasteiger partial charge < -0.3 is 14.8 Å². The van der Waals surface area contributed by atoms with E-state index in [-0.39, 0.29) is 34.4 Å². The molecular weight excluding hydrogens is 456 g/mol. The number of ether oxygens (including phenoxy) is 2. The predicted molar refractivity (Wildman–Crippen MR) is 118 cm³/mol. The zero-order valence-corrected chi connectivity index (χ0v) is 17.9. The van der Waals surface area contributed by atoms with E-state index in [9.17, 15) is 24.5 Å². The summed E-state index contributed by atoms with van der Waals surface area (Å²) in [6, 6.07) is 12.6. The Morgan fingerprint density at radius 2 is 1.88 bits per heavy atom. The second kappa shape index (κ2) is 10.4. The van der Waals surface area contributed by atoms with Crippen LogP contribution in [0.3, 0.4) is 0 Å². The third-order valence-electron chi connectivity index (χ3n) is 4.17. The van der Waals surface area contributed by atoms with E-state index in [1.54, 1.807) is 31.2 Å². The topological polar surface area (TPSA) is 143 Å². The number of esters is 1. The highest BCUT2D eigenvalue weighted by atomic mass is 35.5. The number of hydrogen-bond donors (Lipinski definition) is 1. The Morgan fingerprint density at radius 3 is 2.52 bits per heavy atom. The fourth-order valence-corrected chi connectivity index (χ4v) is 2.91. The van der Waals surface area contributed by atoms with E-state index in [0.29, 0.717) is 5.69 Å². The molecule has 1 N–H and O–H groups in total. The number of nitro groups is 1. The van der Waals surface area contributed by atoms with Crippen LogP contribution in [0.2, 0.25) is 5.02 Å². The van der Waals surface area contributed by atoms with Gasteiger partial charge in [0.05, 0.1) is 28.3 Å². The van der Waals surface area contributed by atoms with Crippen LogP contribution in [0.15, 0.2) is 59.4 Å². The smallest absolute Gasteiger partial charge is 0.362 e. The first-order chi connectivity index (χ1) is 15.8. The number of amides is 1. The molecule has 0 spiro atoms. The van der Waals surface area contributed by atoms with Gasteiger partial charge >= 0.3 is 5.97 Å². The average Bonchev–Trinajstić information content (AvgIpc) is 2.79. The van der Waals surface area contributed by atoms with Gasteiger partial charge in [0.2, 0.25) is 5.69 Å². The molecule has 1 aromatic heterocycles. The fourth-order valence-electron chi connectivity index (χ4n) is 2.69. The van der Waals surface area contributed by atoms with Crippen LogP contribution in [0.5, 0.6) is 5.75 Å². The van der Waals surface area contributed by atoms with Gasteiger partial charge in [-0.2, -0.15) is 9.78 Å². The minimum atomic E-state index is -0.857. The molecule has 0 aliphatic rings. The molecule has 170 valence electrons. The monoisotopic (exact) mass is 472 g/mol. The second-order valence-corrected chi connectivity index (χ2v) is 6.83. The van der Waals surface area contributed by atoms with E-state index < -0.39 is 29.0 Å². The third kappa shape index (κ3) is 5.71. The number of anilines is 1. The number of nitrogens with zero attached hydrogens (tertiary/aromatic N) is 3. The zero-order chi connectivity index (χ0) is 24.0. The van der Waals surface area contributed by atoms with Crippen molar-refractivity contribution in [2.24, 2.45) is 0 Å². The molecule has 0 atom stereocenters. The van der Waals surface area contributed by atoms with Crippen molar-refractivity contribution in [3.05, 3.63) is 85.8 Å². The van der Waals surface area contributed by atoms with Crippen LogP contribution in [0.25, 0.3) is 5.69 Å². The van der Waals surface area contributed by atoms with Gasteiger partial charge in [0.1, 0.15) is 0 Å². The first kappa shape index (κ1) is 23.4. The summed E-state index contributed by atoms with van der Waals surface area (Å²) in [6.45, 7) is 1.08. The standard InChI is InChI=1S/C21H17ClN4O7/c1-2-32-21(29)20-17(11-19(28)25(24-20)16-6-4-3-5-15(16)22)33-12-18(27)23-13-7-9-14(10-8-13)26(30)31/h3-11H,2,12H2,1H3,(H,23,27). The van der Waals surface area contributed by atoms with Gasteiger partial charge in [0.15, 0.2) is 12.4 Å². The molecule has 0 unspecified atom stereocenters. The third-order valence-corrected chi connectivity index (χ3v) is 4.49. The van der Waals surface area contributed by atoms with Crippen LogP contribution in [0.4, 0.5) is 11.4 Å². The molecule has 33 heavy (non-hydrogen) atoms. The number of carbonyl (C=O) groups excluding carboxylic acids is 2. The Balaban J connectivity index is 1.82. The molecule has 0 saturated heterocycles. The van der Waals surface area contributed by atoms with Crippen molar-refractivity contribution in [3.8, 4) is 11.4 Å². The number of rotatable bonds is 8. The number of halogens is 1. The van der Waals surface area contributed by atoms with Crippen LogP contribution in [0.1, 0.15) is 17.4 Å². The first-order valence-corrected chi connectivity index (χ1v) is 9.91. The summed E-state index contributed by atoms with van der Waals surface area (Å²) in [4.78, 5) is 47.4. The molecule has 12 heteroatoms. The van der Waals surface area contributed by atoms with Gasteiger partial charge in [-0.1, -0.05) is 23.7 Å². The first-order valence-electron chi connectivity index (χ1n) is 9.53. The van der Waals surface area contributed by atoms with Gasteiger partial charge in [-0.25, -0.2) is 4.79 Å². The molecule has 3 rings (SSSR count). The lowest BCUT2D eigenvalue weighted by atomic mass is 10.3. The lowest BCUT2D eigenvalue weighted by Crippen LogP contribution is -2.27. The average molecular weight is 473 g/mol. The molecule has 0 saturated carbocycles. The quantitative estimate of drug-likeness (QED) is 0.299. The summed E-state index contributed by atoms with van der Waals surface area (Å²) in [5, 5.41) is 17.5. The Morgan fingerprint density at radius 1 is 1.18 bits per heavy atom. The number of carbonyl (C=O) groups is 2. The number of aromatic nitrogens is 2. The summed E-state index contributed by atoms with van der Waals surface area (Å²) in [5.74, 6) is -1.74. The van der Waals surface area contributed by atoms with Crippen LogP contribution in [-0.4, -0.2) is 39.8 Å². The number of non-ortho nitro benzene ring substituents is 1. The van der Waals surface area contributed by atoms with Crippen molar-refractivity contribution >= 4 is 34.9 Å². The van der Waals surface area contributed by atoms with Crippen molar-refractivity contribution in [1.82, 2.24) is 9.78 Å². The molecule has 0 bridgehead atoms. The van der Waals surface area contributed by atoms with Crippen LogP contribution >= 0.6 is 11.6 Å². The molecule has 1 heterocycles. The summed E-state index contributed by atoms with van der Waals surface area (Å²) in [5.41, 5.74) is -0.556. The maximum Gasteiger partial charge on any atom is 0.362 e. The Hall–Kier alpha value is -4.25. The molecule has 11 nitrogen and oxygen atoms in total. The van der Waals surface area contributed by atoms with Crippen molar-refractivity contribution in [1.29, 1.82) is 0 Å². The number of nitrogens with one attached hydrogen (secondary N) is 1. The normalized spacial score (nSPS) is 10.4. The van der Waals surface area contributed by atoms with E-state index >= 15 is 0 Å². The van der Waals surface area contributed by atoms with Gasteiger partial charge in [0, 0.05) is 17.8 Å². The van der Waals surface area contributed by atoms with E-state index in [0.717, 1.165) is 10.7 Å². The summed E-state index contributed by atoms with van der Waals surface area (Å²) >= 11 is 6.13. The maximum atomic E-state index is 12.6. The van der Waals surface area contributed by atoms with Gasteiger partial charge in [0.25, 0.3) is 17.2 Å². The number of para-hydroxylation sites is 1. The predicted octanol–water partition coefficient (Wildman–Crippen LogP) is 2.99. The molecule has 2 aromatic carbocycles. The van der Waals surface area contributed by atoms with Crippen molar-refractivity contribution < 1.29 is 24.0 Å². The van der Waals surface area contributed by atoms with Crippen molar-refractivity contribution in [3.63, 3.8) is 0 Å². The van der Waals surface area contributed by atoms with Crippen LogP contribution < -0.4 is 15.6 Å². The number of hydrogen-bond acceptors (Lipinski definition) is 8. The Kier molecular flexibility index (Phi) is 7.36. The second-order valence-electron chi connectivity index (χ2n) is 6.42. The van der Waals surface area contributed by atoms with Crippen LogP contribution in [-0.2, 0) is 9.53 Å². The molecule has 3 aromatic rings. The van der Waals surface area contributed by atoms with Crippen molar-refractivity contribution in [2.75, 3.05) is 18.5 Å². The van der Waals surface area contributed by atoms with Gasteiger partial charge in [-0.15, -0.1) is 0 Å². The lowest BCUT2D eigenvalue weighted by molar-refractivity contribution is -0.384. The highest BCUT2D eigenvalue weighted by molar-refractivity contribution is 6.32. The van der Waals surface area contributed by atoms with Gasteiger partial charge in [-0.3, -0.25) is 19.7 Å². The maximum absolute atomic E-state index is 12.6. The highest BCUT2D eigenvalue weighted by Crippen LogP contribution is 2.21. The Labute approximate surface area is 191 Å².